The predicted octanol–water partition coefficient (Wildman–Crippen LogP) is 4.25. The first-order valence-corrected chi connectivity index (χ1v) is 7.42. The molecule has 0 radical (unpaired) electrons. The Morgan fingerprint density at radius 1 is 1.04 bits per heavy atom. The quantitative estimate of drug-likeness (QED) is 0.531. The van der Waals surface area contributed by atoms with Crippen LogP contribution in [0.2, 0.25) is 5.15 Å². The Labute approximate surface area is 138 Å². The van der Waals surface area contributed by atoms with Crippen molar-refractivity contribution in [3.05, 3.63) is 71.0 Å². The molecule has 2 aromatic carbocycles. The van der Waals surface area contributed by atoms with Crippen LogP contribution in [0.15, 0.2) is 54.6 Å². The van der Waals surface area contributed by atoms with E-state index in [0.29, 0.717) is 12.4 Å². The van der Waals surface area contributed by atoms with Crippen molar-refractivity contribution < 1.29 is 14.3 Å². The van der Waals surface area contributed by atoms with Gasteiger partial charge in [-0.05, 0) is 5.56 Å². The van der Waals surface area contributed by atoms with Gasteiger partial charge in [-0.3, -0.25) is 0 Å². The summed E-state index contributed by atoms with van der Waals surface area (Å²) in [5.74, 6) is -0.207. The van der Waals surface area contributed by atoms with E-state index in [0.717, 1.165) is 16.3 Å². The van der Waals surface area contributed by atoms with E-state index in [1.807, 2.05) is 54.6 Å². The maximum Gasteiger partial charge on any atom is 0.360 e. The van der Waals surface area contributed by atoms with Crippen molar-refractivity contribution in [2.45, 2.75) is 6.61 Å². The highest BCUT2D eigenvalue weighted by molar-refractivity contribution is 6.34. The molecule has 0 fully saturated rings. The van der Waals surface area contributed by atoms with E-state index in [4.69, 9.17) is 21.1 Å². The number of methoxy groups -OCH3 is 1. The van der Waals surface area contributed by atoms with Crippen LogP contribution in [-0.2, 0) is 11.3 Å². The van der Waals surface area contributed by atoms with Crippen molar-refractivity contribution in [3.8, 4) is 5.75 Å². The minimum Gasteiger partial charge on any atom is -0.486 e. The average Bonchev–Trinajstić information content (AvgIpc) is 2.61. The number of aromatic nitrogens is 1. The summed E-state index contributed by atoms with van der Waals surface area (Å²) < 4.78 is 10.7. The van der Waals surface area contributed by atoms with Gasteiger partial charge in [0, 0.05) is 10.8 Å². The second kappa shape index (κ2) is 6.67. The van der Waals surface area contributed by atoms with Crippen molar-refractivity contribution >= 4 is 28.3 Å². The highest BCUT2D eigenvalue weighted by atomic mass is 35.5. The Balaban J connectivity index is 2.08. The lowest BCUT2D eigenvalue weighted by molar-refractivity contribution is 0.0589. The average molecular weight is 328 g/mol. The zero-order chi connectivity index (χ0) is 16.2. The van der Waals surface area contributed by atoms with Gasteiger partial charge in [-0.15, -0.1) is 0 Å². The number of benzene rings is 2. The van der Waals surface area contributed by atoms with E-state index < -0.39 is 5.97 Å². The van der Waals surface area contributed by atoms with Gasteiger partial charge in [-0.2, -0.15) is 0 Å². The fraction of sp³-hybridized carbons (Fsp3) is 0.111. The van der Waals surface area contributed by atoms with Crippen LogP contribution in [0.3, 0.4) is 0 Å². The fourth-order valence-corrected chi connectivity index (χ4v) is 2.56. The Kier molecular flexibility index (Phi) is 4.44. The molecule has 3 aromatic rings. The third kappa shape index (κ3) is 3.12. The van der Waals surface area contributed by atoms with Crippen molar-refractivity contribution in [2.75, 3.05) is 7.11 Å². The maximum atomic E-state index is 12.0. The largest absolute Gasteiger partial charge is 0.486 e. The molecule has 116 valence electrons. The lowest BCUT2D eigenvalue weighted by Crippen LogP contribution is -2.09. The van der Waals surface area contributed by atoms with Crippen molar-refractivity contribution in [1.29, 1.82) is 0 Å². The summed E-state index contributed by atoms with van der Waals surface area (Å²) >= 11 is 6.18. The molecular weight excluding hydrogens is 314 g/mol. The van der Waals surface area contributed by atoms with E-state index in [1.54, 1.807) is 0 Å². The number of halogens is 1. The number of ether oxygens (including phenoxy) is 2. The van der Waals surface area contributed by atoms with Crippen molar-refractivity contribution in [2.24, 2.45) is 0 Å². The molecule has 4 nitrogen and oxygen atoms in total. The second-order valence-corrected chi connectivity index (χ2v) is 5.25. The Morgan fingerprint density at radius 2 is 1.70 bits per heavy atom. The Bertz CT molecular complexity index is 850. The summed E-state index contributed by atoms with van der Waals surface area (Å²) in [5.41, 5.74) is 1.06. The lowest BCUT2D eigenvalue weighted by Gasteiger charge is -2.13. The van der Waals surface area contributed by atoms with Crippen LogP contribution in [0.25, 0.3) is 10.8 Å². The molecule has 0 aliphatic carbocycles. The number of hydrogen-bond acceptors (Lipinski definition) is 4. The van der Waals surface area contributed by atoms with Crippen LogP contribution in [0.1, 0.15) is 16.1 Å². The number of nitrogens with zero attached hydrogens (tertiary/aromatic N) is 1. The third-order valence-corrected chi connectivity index (χ3v) is 3.71. The minimum absolute atomic E-state index is 0.0760. The summed E-state index contributed by atoms with van der Waals surface area (Å²) in [7, 11) is 1.30. The standard InChI is InChI=1S/C18H14ClNO3/c1-22-18(21)15-16(23-11-12-7-3-2-4-8-12)13-9-5-6-10-14(13)17(19)20-15/h2-10H,11H2,1H3. The lowest BCUT2D eigenvalue weighted by atomic mass is 10.1. The van der Waals surface area contributed by atoms with Crippen LogP contribution in [0.4, 0.5) is 0 Å². The summed E-state index contributed by atoms with van der Waals surface area (Å²) in [4.78, 5) is 16.2. The third-order valence-electron chi connectivity index (χ3n) is 3.42. The molecule has 0 saturated carbocycles. The molecule has 0 N–H and O–H groups in total. The number of fused-ring (bicyclic) bond motifs is 1. The number of carbonyl (C=O) groups is 1. The van der Waals surface area contributed by atoms with E-state index in [-0.39, 0.29) is 10.8 Å². The SMILES string of the molecule is COC(=O)c1nc(Cl)c2ccccc2c1OCc1ccccc1. The van der Waals surface area contributed by atoms with Crippen LogP contribution in [0.5, 0.6) is 5.75 Å². The second-order valence-electron chi connectivity index (χ2n) is 4.89. The number of esters is 1. The number of carbonyl (C=O) groups excluding carboxylic acids is 1. The highest BCUT2D eigenvalue weighted by Gasteiger charge is 2.20. The number of rotatable bonds is 4. The topological polar surface area (TPSA) is 48.4 Å². The van der Waals surface area contributed by atoms with Gasteiger partial charge in [0.1, 0.15) is 11.8 Å². The monoisotopic (exact) mass is 327 g/mol. The van der Waals surface area contributed by atoms with Crippen molar-refractivity contribution in [1.82, 2.24) is 4.98 Å². The molecule has 0 aliphatic rings. The zero-order valence-corrected chi connectivity index (χ0v) is 13.2. The molecule has 0 aliphatic heterocycles. The van der Waals surface area contributed by atoms with Gasteiger partial charge in [-0.25, -0.2) is 9.78 Å². The molecule has 0 spiro atoms. The van der Waals surface area contributed by atoms with Crippen LogP contribution in [0, 0.1) is 0 Å². The highest BCUT2D eigenvalue weighted by Crippen LogP contribution is 2.33. The first-order chi connectivity index (χ1) is 11.2. The summed E-state index contributed by atoms with van der Waals surface area (Å²) in [6.45, 7) is 0.318. The van der Waals surface area contributed by atoms with Crippen LogP contribution < -0.4 is 4.74 Å². The molecule has 0 unspecified atom stereocenters. The normalized spacial score (nSPS) is 10.5. The molecule has 1 heterocycles. The van der Waals surface area contributed by atoms with Gasteiger partial charge >= 0.3 is 5.97 Å². The molecule has 0 atom stereocenters. The molecule has 1 aromatic heterocycles. The predicted molar refractivity (Wildman–Crippen MR) is 88.9 cm³/mol. The van der Waals surface area contributed by atoms with E-state index >= 15 is 0 Å². The molecule has 3 rings (SSSR count). The minimum atomic E-state index is -0.583. The first kappa shape index (κ1) is 15.3. The van der Waals surface area contributed by atoms with Gasteiger partial charge in [-0.1, -0.05) is 66.2 Å². The molecule has 0 saturated heterocycles. The maximum absolute atomic E-state index is 12.0. The van der Waals surface area contributed by atoms with Crippen LogP contribution >= 0.6 is 11.6 Å². The summed E-state index contributed by atoms with van der Waals surface area (Å²) in [5, 5.41) is 1.70. The summed E-state index contributed by atoms with van der Waals surface area (Å²) in [6.07, 6.45) is 0. The van der Waals surface area contributed by atoms with E-state index in [2.05, 4.69) is 4.98 Å². The molecule has 5 heteroatoms. The van der Waals surface area contributed by atoms with Gasteiger partial charge in [0.15, 0.2) is 11.4 Å². The summed E-state index contributed by atoms with van der Waals surface area (Å²) in [6, 6.07) is 17.1. The zero-order valence-electron chi connectivity index (χ0n) is 12.5. The molecule has 23 heavy (non-hydrogen) atoms. The number of pyridine rings is 1. The Morgan fingerprint density at radius 3 is 2.39 bits per heavy atom. The van der Waals surface area contributed by atoms with Gasteiger partial charge in [0.2, 0.25) is 0 Å². The smallest absolute Gasteiger partial charge is 0.360 e. The molecule has 0 amide bonds. The fourth-order valence-electron chi connectivity index (χ4n) is 2.31. The molecule has 0 bridgehead atoms. The number of hydrogen-bond donors (Lipinski definition) is 0. The Hall–Kier alpha value is -2.59. The van der Waals surface area contributed by atoms with Gasteiger partial charge in [0.25, 0.3) is 0 Å². The first-order valence-electron chi connectivity index (χ1n) is 7.04. The van der Waals surface area contributed by atoms with E-state index in [9.17, 15) is 4.79 Å². The van der Waals surface area contributed by atoms with E-state index in [1.165, 1.54) is 7.11 Å². The molecular formula is C18H14ClNO3. The van der Waals surface area contributed by atoms with Gasteiger partial charge in [0.05, 0.1) is 7.11 Å². The van der Waals surface area contributed by atoms with Crippen LogP contribution in [-0.4, -0.2) is 18.1 Å². The van der Waals surface area contributed by atoms with Crippen molar-refractivity contribution in [3.63, 3.8) is 0 Å². The van der Waals surface area contributed by atoms with Gasteiger partial charge < -0.3 is 9.47 Å².